The van der Waals surface area contributed by atoms with Gasteiger partial charge < -0.3 is 20.6 Å². The Morgan fingerprint density at radius 3 is 2.11 bits per heavy atom. The second-order valence-electron chi connectivity index (χ2n) is 4.91. The summed E-state index contributed by atoms with van der Waals surface area (Å²) in [5.41, 5.74) is 0. The molecule has 19 heavy (non-hydrogen) atoms. The molecule has 0 spiro atoms. The van der Waals surface area contributed by atoms with E-state index in [1.54, 1.807) is 20.8 Å². The predicted molar refractivity (Wildman–Crippen MR) is 70.7 cm³/mol. The van der Waals surface area contributed by atoms with E-state index in [9.17, 15) is 14.4 Å². The molecule has 110 valence electrons. The standard InChI is InChI=1S/C12H23N3O4/c1-7(2)9(11(17)18)14-12(19)15(5)6-8(3)10(16)13-4/h7-9H,6H2,1-5H3,(H,13,16)(H,14,19)(H,17,18)/t8?,9-/m1/s1. The molecule has 0 bridgehead atoms. The summed E-state index contributed by atoms with van der Waals surface area (Å²) < 4.78 is 0. The molecule has 0 aliphatic rings. The fourth-order valence-electron chi connectivity index (χ4n) is 1.58. The zero-order chi connectivity index (χ0) is 15.2. The van der Waals surface area contributed by atoms with Gasteiger partial charge in [-0.1, -0.05) is 20.8 Å². The first-order chi connectivity index (χ1) is 8.70. The van der Waals surface area contributed by atoms with Gasteiger partial charge in [0, 0.05) is 20.6 Å². The Bertz CT molecular complexity index is 344. The zero-order valence-electron chi connectivity index (χ0n) is 12.1. The van der Waals surface area contributed by atoms with Gasteiger partial charge in [-0.15, -0.1) is 0 Å². The molecule has 7 heteroatoms. The summed E-state index contributed by atoms with van der Waals surface area (Å²) in [6.45, 7) is 5.34. The molecule has 0 aliphatic carbocycles. The maximum absolute atomic E-state index is 11.8. The molecule has 7 nitrogen and oxygen atoms in total. The van der Waals surface area contributed by atoms with Crippen LogP contribution in [-0.2, 0) is 9.59 Å². The number of amides is 3. The van der Waals surface area contributed by atoms with E-state index in [1.165, 1.54) is 19.0 Å². The zero-order valence-corrected chi connectivity index (χ0v) is 12.1. The average Bonchev–Trinajstić information content (AvgIpc) is 2.33. The number of carboxylic acids is 1. The van der Waals surface area contributed by atoms with Gasteiger partial charge in [-0.2, -0.15) is 0 Å². The van der Waals surface area contributed by atoms with Crippen LogP contribution in [0.15, 0.2) is 0 Å². The molecule has 0 aromatic rings. The first-order valence-corrected chi connectivity index (χ1v) is 6.16. The predicted octanol–water partition coefficient (Wildman–Crippen LogP) is 0.119. The number of carboxylic acid groups (broad SMARTS) is 1. The number of aliphatic carboxylic acids is 1. The molecule has 0 aliphatic heterocycles. The quantitative estimate of drug-likeness (QED) is 0.640. The average molecular weight is 273 g/mol. The van der Waals surface area contributed by atoms with Crippen LogP contribution in [0.4, 0.5) is 4.79 Å². The van der Waals surface area contributed by atoms with E-state index in [0.717, 1.165) is 0 Å². The van der Waals surface area contributed by atoms with Crippen molar-refractivity contribution in [3.8, 4) is 0 Å². The lowest BCUT2D eigenvalue weighted by molar-refractivity contribution is -0.140. The maximum atomic E-state index is 11.8. The molecule has 0 heterocycles. The summed E-state index contributed by atoms with van der Waals surface area (Å²) >= 11 is 0. The van der Waals surface area contributed by atoms with Gasteiger partial charge in [-0.3, -0.25) is 4.79 Å². The number of carbonyl (C=O) groups excluding carboxylic acids is 2. The van der Waals surface area contributed by atoms with Crippen LogP contribution in [0.2, 0.25) is 0 Å². The van der Waals surface area contributed by atoms with Crippen LogP contribution in [-0.4, -0.2) is 54.6 Å². The minimum absolute atomic E-state index is 0.168. The number of urea groups is 1. The van der Waals surface area contributed by atoms with E-state index in [4.69, 9.17) is 5.11 Å². The number of nitrogens with zero attached hydrogens (tertiary/aromatic N) is 1. The second kappa shape index (κ2) is 7.60. The number of hydrogen-bond donors (Lipinski definition) is 3. The summed E-state index contributed by atoms with van der Waals surface area (Å²) in [5.74, 6) is -1.82. The van der Waals surface area contributed by atoms with Crippen molar-refractivity contribution in [2.75, 3.05) is 20.6 Å². The smallest absolute Gasteiger partial charge is 0.326 e. The SMILES string of the molecule is CNC(=O)C(C)CN(C)C(=O)N[C@@H](C(=O)O)C(C)C. The Balaban J connectivity index is 4.49. The number of rotatable bonds is 6. The Hall–Kier alpha value is -1.79. The van der Waals surface area contributed by atoms with E-state index < -0.39 is 18.0 Å². The van der Waals surface area contributed by atoms with Crippen molar-refractivity contribution in [3.05, 3.63) is 0 Å². The molecular formula is C12H23N3O4. The van der Waals surface area contributed by atoms with Gasteiger partial charge in [0.15, 0.2) is 0 Å². The van der Waals surface area contributed by atoms with E-state index in [-0.39, 0.29) is 24.3 Å². The third-order valence-corrected chi connectivity index (χ3v) is 2.80. The molecule has 0 saturated heterocycles. The molecule has 0 saturated carbocycles. The van der Waals surface area contributed by atoms with Crippen LogP contribution >= 0.6 is 0 Å². The summed E-state index contributed by atoms with van der Waals surface area (Å²) in [5, 5.41) is 13.9. The molecule has 0 fully saturated rings. The first-order valence-electron chi connectivity index (χ1n) is 6.16. The second-order valence-corrected chi connectivity index (χ2v) is 4.91. The van der Waals surface area contributed by atoms with Gasteiger partial charge >= 0.3 is 12.0 Å². The largest absolute Gasteiger partial charge is 0.480 e. The number of nitrogens with one attached hydrogen (secondary N) is 2. The van der Waals surface area contributed by atoms with Gasteiger partial charge in [0.05, 0.1) is 5.92 Å². The van der Waals surface area contributed by atoms with Crippen molar-refractivity contribution in [3.63, 3.8) is 0 Å². The molecule has 0 aromatic heterocycles. The summed E-state index contributed by atoms with van der Waals surface area (Å²) in [7, 11) is 3.05. The third kappa shape index (κ3) is 5.58. The fraction of sp³-hybridized carbons (Fsp3) is 0.750. The summed E-state index contributed by atoms with van der Waals surface area (Å²) in [6.07, 6.45) is 0. The minimum atomic E-state index is -1.07. The third-order valence-electron chi connectivity index (χ3n) is 2.80. The highest BCUT2D eigenvalue weighted by Gasteiger charge is 2.25. The molecular weight excluding hydrogens is 250 g/mol. The van der Waals surface area contributed by atoms with Gasteiger partial charge in [0.1, 0.15) is 6.04 Å². The van der Waals surface area contributed by atoms with Gasteiger partial charge in [0.25, 0.3) is 0 Å². The van der Waals surface area contributed by atoms with Crippen molar-refractivity contribution in [2.45, 2.75) is 26.8 Å². The lowest BCUT2D eigenvalue weighted by atomic mass is 10.1. The van der Waals surface area contributed by atoms with Crippen LogP contribution in [0.1, 0.15) is 20.8 Å². The molecule has 3 N–H and O–H groups in total. The highest BCUT2D eigenvalue weighted by molar-refractivity contribution is 5.83. The highest BCUT2D eigenvalue weighted by Crippen LogP contribution is 2.04. The maximum Gasteiger partial charge on any atom is 0.326 e. The van der Waals surface area contributed by atoms with Gasteiger partial charge in [-0.25, -0.2) is 9.59 Å². The Labute approximate surface area is 113 Å². The summed E-state index contributed by atoms with van der Waals surface area (Å²) in [4.78, 5) is 35.5. The van der Waals surface area contributed by atoms with Crippen LogP contribution in [0.5, 0.6) is 0 Å². The number of hydrogen-bond acceptors (Lipinski definition) is 3. The number of carbonyl (C=O) groups is 3. The van der Waals surface area contributed by atoms with Crippen molar-refractivity contribution >= 4 is 17.9 Å². The van der Waals surface area contributed by atoms with Crippen molar-refractivity contribution in [2.24, 2.45) is 11.8 Å². The van der Waals surface area contributed by atoms with Gasteiger partial charge in [0.2, 0.25) is 5.91 Å². The van der Waals surface area contributed by atoms with Crippen molar-refractivity contribution in [1.82, 2.24) is 15.5 Å². The molecule has 2 atom stereocenters. The molecule has 0 aromatic carbocycles. The molecule has 1 unspecified atom stereocenters. The Kier molecular flexibility index (Phi) is 6.89. The topological polar surface area (TPSA) is 98.7 Å². The molecule has 0 radical (unpaired) electrons. The van der Waals surface area contributed by atoms with Crippen LogP contribution < -0.4 is 10.6 Å². The Morgan fingerprint density at radius 1 is 1.21 bits per heavy atom. The van der Waals surface area contributed by atoms with E-state index in [0.29, 0.717) is 0 Å². The van der Waals surface area contributed by atoms with Crippen LogP contribution in [0, 0.1) is 11.8 Å². The summed E-state index contributed by atoms with van der Waals surface area (Å²) in [6, 6.07) is -1.44. The first kappa shape index (κ1) is 17.2. The van der Waals surface area contributed by atoms with Crippen LogP contribution in [0.3, 0.4) is 0 Å². The van der Waals surface area contributed by atoms with Crippen molar-refractivity contribution in [1.29, 1.82) is 0 Å². The monoisotopic (exact) mass is 273 g/mol. The van der Waals surface area contributed by atoms with E-state index in [1.807, 2.05) is 0 Å². The molecule has 3 amide bonds. The highest BCUT2D eigenvalue weighted by atomic mass is 16.4. The van der Waals surface area contributed by atoms with Crippen molar-refractivity contribution < 1.29 is 19.5 Å². The van der Waals surface area contributed by atoms with E-state index in [2.05, 4.69) is 10.6 Å². The minimum Gasteiger partial charge on any atom is -0.480 e. The van der Waals surface area contributed by atoms with Gasteiger partial charge in [-0.05, 0) is 5.92 Å². The lowest BCUT2D eigenvalue weighted by Crippen LogP contribution is -2.50. The lowest BCUT2D eigenvalue weighted by Gasteiger charge is -2.25. The normalized spacial score (nSPS) is 13.6. The Morgan fingerprint density at radius 2 is 1.74 bits per heavy atom. The van der Waals surface area contributed by atoms with E-state index >= 15 is 0 Å². The van der Waals surface area contributed by atoms with Crippen LogP contribution in [0.25, 0.3) is 0 Å². The fourth-order valence-corrected chi connectivity index (χ4v) is 1.58. The molecule has 0 rings (SSSR count).